The fourth-order valence-electron chi connectivity index (χ4n) is 2.26. The van der Waals surface area contributed by atoms with Crippen molar-refractivity contribution < 1.29 is 4.21 Å². The molecule has 0 radical (unpaired) electrons. The Labute approximate surface area is 146 Å². The number of nitrogens with one attached hydrogen (secondary N) is 1. The lowest BCUT2D eigenvalue weighted by Gasteiger charge is -2.26. The van der Waals surface area contributed by atoms with Crippen LogP contribution in [0.2, 0.25) is 0 Å². The maximum absolute atomic E-state index is 12.4. The largest absolute Gasteiger partial charge is 0.350 e. The Kier molecular flexibility index (Phi) is 5.53. The van der Waals surface area contributed by atoms with Gasteiger partial charge >= 0.3 is 0 Å². The first-order valence-electron chi connectivity index (χ1n) is 7.23. The van der Waals surface area contributed by atoms with E-state index in [0.29, 0.717) is 24.3 Å². The van der Waals surface area contributed by atoms with Gasteiger partial charge in [0.25, 0.3) is 0 Å². The molecule has 7 heteroatoms. The van der Waals surface area contributed by atoms with Crippen LogP contribution in [0.5, 0.6) is 0 Å². The normalized spacial score (nSPS) is 16.5. The Hall–Kier alpha value is -1.57. The van der Waals surface area contributed by atoms with Crippen LogP contribution in [-0.2, 0) is 23.1 Å². The van der Waals surface area contributed by atoms with Gasteiger partial charge in [0.05, 0.1) is 29.9 Å². The Bertz CT molecular complexity index is 706. The summed E-state index contributed by atoms with van der Waals surface area (Å²) in [4.78, 5) is 10.7. The zero-order chi connectivity index (χ0) is 16.1. The van der Waals surface area contributed by atoms with Crippen molar-refractivity contribution in [3.8, 4) is 0 Å². The van der Waals surface area contributed by atoms with Gasteiger partial charge in [-0.05, 0) is 29.3 Å². The molecule has 1 aromatic carbocycles. The van der Waals surface area contributed by atoms with Crippen LogP contribution in [0.1, 0.15) is 11.1 Å². The Morgan fingerprint density at radius 2 is 2.04 bits per heavy atom. The molecule has 0 saturated heterocycles. The average molecular weight is 393 g/mol. The molecule has 1 atom stereocenters. The van der Waals surface area contributed by atoms with Gasteiger partial charge in [0.1, 0.15) is 0 Å². The van der Waals surface area contributed by atoms with E-state index in [2.05, 4.69) is 36.1 Å². The molecule has 2 aromatic rings. The highest BCUT2D eigenvalue weighted by Gasteiger charge is 2.17. The van der Waals surface area contributed by atoms with E-state index in [-0.39, 0.29) is 0 Å². The highest BCUT2D eigenvalue weighted by Crippen LogP contribution is 2.13. The number of benzene rings is 1. The van der Waals surface area contributed by atoms with Gasteiger partial charge in [-0.25, -0.2) is 4.99 Å². The Morgan fingerprint density at radius 1 is 1.22 bits per heavy atom. The maximum atomic E-state index is 12.4. The minimum absolute atomic E-state index is 0.474. The number of aliphatic imine (C=N–C) groups is 1. The molecule has 1 unspecified atom stereocenters. The van der Waals surface area contributed by atoms with Crippen LogP contribution in [0.15, 0.2) is 58.3 Å². The third-order valence-corrected chi connectivity index (χ3v) is 5.25. The van der Waals surface area contributed by atoms with Gasteiger partial charge in [0.15, 0.2) is 5.17 Å². The van der Waals surface area contributed by atoms with Gasteiger partial charge in [-0.2, -0.15) is 0 Å². The Morgan fingerprint density at radius 3 is 2.70 bits per heavy atom. The third-order valence-electron chi connectivity index (χ3n) is 3.42. The third kappa shape index (κ3) is 4.70. The number of aromatic nitrogens is 1. The van der Waals surface area contributed by atoms with Crippen molar-refractivity contribution in [2.45, 2.75) is 12.3 Å². The summed E-state index contributed by atoms with van der Waals surface area (Å²) < 4.78 is 13.4. The first-order valence-corrected chi connectivity index (χ1v) is 9.34. The van der Waals surface area contributed by atoms with E-state index < -0.39 is 10.8 Å². The van der Waals surface area contributed by atoms with Crippen LogP contribution >= 0.6 is 15.9 Å². The van der Waals surface area contributed by atoms with E-state index in [4.69, 9.17) is 0 Å². The summed E-state index contributed by atoms with van der Waals surface area (Å²) >= 11 is 3.40. The van der Waals surface area contributed by atoms with Crippen LogP contribution < -0.4 is 5.32 Å². The highest BCUT2D eigenvalue weighted by atomic mass is 79.9. The molecule has 0 aliphatic carbocycles. The van der Waals surface area contributed by atoms with Gasteiger partial charge < -0.3 is 5.32 Å². The van der Waals surface area contributed by atoms with Crippen molar-refractivity contribution in [2.24, 2.45) is 4.99 Å². The highest BCUT2D eigenvalue weighted by molar-refractivity contribution is 9.10. The maximum Gasteiger partial charge on any atom is 0.190 e. The summed E-state index contributed by atoms with van der Waals surface area (Å²) in [5.74, 6) is 0.474. The molecular weight excluding hydrogens is 376 g/mol. The number of rotatable bonds is 4. The van der Waals surface area contributed by atoms with Gasteiger partial charge in [0.2, 0.25) is 0 Å². The topological polar surface area (TPSA) is 57.6 Å². The predicted octanol–water partition coefficient (Wildman–Crippen LogP) is 2.47. The minimum Gasteiger partial charge on any atom is -0.350 e. The van der Waals surface area contributed by atoms with Gasteiger partial charge in [0, 0.05) is 23.4 Å². The fourth-order valence-corrected chi connectivity index (χ4v) is 3.58. The number of pyridine rings is 1. The van der Waals surface area contributed by atoms with Crippen LogP contribution in [0.3, 0.4) is 0 Å². The van der Waals surface area contributed by atoms with E-state index in [1.54, 1.807) is 6.20 Å². The molecule has 2 heterocycles. The summed E-state index contributed by atoms with van der Waals surface area (Å²) in [6, 6.07) is 11.8. The van der Waals surface area contributed by atoms with Crippen molar-refractivity contribution in [2.75, 3.05) is 13.3 Å². The Balaban J connectivity index is 1.55. The lowest BCUT2D eigenvalue weighted by molar-refractivity contribution is 0.258. The lowest BCUT2D eigenvalue weighted by atomic mass is 10.2. The molecule has 0 bridgehead atoms. The molecule has 120 valence electrons. The first kappa shape index (κ1) is 16.3. The van der Waals surface area contributed by atoms with E-state index in [9.17, 15) is 4.21 Å². The molecule has 1 aliphatic heterocycles. The summed E-state index contributed by atoms with van der Waals surface area (Å²) in [6.07, 6.45) is 3.62. The summed E-state index contributed by atoms with van der Waals surface area (Å²) in [5, 5.41) is 3.75. The summed E-state index contributed by atoms with van der Waals surface area (Å²) in [6.45, 7) is 1.96. The van der Waals surface area contributed by atoms with Crippen molar-refractivity contribution in [1.82, 2.24) is 15.2 Å². The van der Waals surface area contributed by atoms with Gasteiger partial charge in [-0.1, -0.05) is 34.1 Å². The van der Waals surface area contributed by atoms with E-state index in [0.717, 1.165) is 22.1 Å². The second kappa shape index (κ2) is 7.81. The molecule has 1 aliphatic rings. The van der Waals surface area contributed by atoms with E-state index in [1.165, 1.54) is 0 Å². The van der Waals surface area contributed by atoms with E-state index in [1.807, 2.05) is 42.6 Å². The molecule has 0 amide bonds. The first-order chi connectivity index (χ1) is 11.2. The van der Waals surface area contributed by atoms with Crippen LogP contribution in [-0.4, -0.2) is 32.6 Å². The molecule has 1 N–H and O–H groups in total. The van der Waals surface area contributed by atoms with Crippen LogP contribution in [0.25, 0.3) is 0 Å². The molecule has 3 rings (SSSR count). The molecule has 0 saturated carbocycles. The number of halogens is 1. The standard InChI is InChI=1S/C16H17BrN4OS/c17-15-5-3-13(4-6-15)10-23(22)16-19-11-21(12-20-16)9-14-2-1-7-18-8-14/h1-8H,9-12H2,(H,19,20). The second-order valence-corrected chi connectivity index (χ2v) is 7.53. The average Bonchev–Trinajstić information content (AvgIpc) is 2.58. The SMILES string of the molecule is O=S(Cc1ccc(Br)cc1)C1=NCN(Cc2cccnc2)CN1. The van der Waals surface area contributed by atoms with Crippen molar-refractivity contribution >= 4 is 31.9 Å². The molecular formula is C16H17BrN4OS. The molecule has 5 nitrogen and oxygen atoms in total. The second-order valence-electron chi connectivity index (χ2n) is 5.25. The molecule has 0 spiro atoms. The van der Waals surface area contributed by atoms with Gasteiger partial charge in [-0.3, -0.25) is 14.1 Å². The lowest BCUT2D eigenvalue weighted by Crippen LogP contribution is -2.44. The summed E-state index contributed by atoms with van der Waals surface area (Å²) in [7, 11) is -1.14. The quantitative estimate of drug-likeness (QED) is 0.867. The minimum atomic E-state index is -1.14. The number of hydrogen-bond acceptors (Lipinski definition) is 5. The van der Waals surface area contributed by atoms with Gasteiger partial charge in [-0.15, -0.1) is 0 Å². The molecule has 23 heavy (non-hydrogen) atoms. The fraction of sp³-hybridized carbons (Fsp3) is 0.250. The predicted molar refractivity (Wildman–Crippen MR) is 96.1 cm³/mol. The number of amidine groups is 1. The van der Waals surface area contributed by atoms with E-state index >= 15 is 0 Å². The number of nitrogens with zero attached hydrogens (tertiary/aromatic N) is 3. The number of hydrogen-bond donors (Lipinski definition) is 1. The van der Waals surface area contributed by atoms with Crippen LogP contribution in [0, 0.1) is 0 Å². The summed E-state index contributed by atoms with van der Waals surface area (Å²) in [5.41, 5.74) is 2.18. The van der Waals surface area contributed by atoms with Crippen molar-refractivity contribution in [1.29, 1.82) is 0 Å². The zero-order valence-electron chi connectivity index (χ0n) is 12.5. The van der Waals surface area contributed by atoms with Crippen molar-refractivity contribution in [3.63, 3.8) is 0 Å². The smallest absolute Gasteiger partial charge is 0.190 e. The van der Waals surface area contributed by atoms with Crippen molar-refractivity contribution in [3.05, 3.63) is 64.4 Å². The molecule has 0 fully saturated rings. The van der Waals surface area contributed by atoms with Crippen LogP contribution in [0.4, 0.5) is 0 Å². The zero-order valence-corrected chi connectivity index (χ0v) is 14.9. The molecule has 1 aromatic heterocycles. The monoisotopic (exact) mass is 392 g/mol.